The lowest BCUT2D eigenvalue weighted by Crippen LogP contribution is -2.42. The monoisotopic (exact) mass is 288 g/mol. The van der Waals surface area contributed by atoms with Crippen molar-refractivity contribution in [3.8, 4) is 0 Å². The minimum Gasteiger partial charge on any atom is -0.337 e. The van der Waals surface area contributed by atoms with E-state index in [1.54, 1.807) is 4.90 Å². The highest BCUT2D eigenvalue weighted by atomic mass is 16.2. The quantitative estimate of drug-likeness (QED) is 0.929. The van der Waals surface area contributed by atoms with Gasteiger partial charge in [0.15, 0.2) is 0 Å². The van der Waals surface area contributed by atoms with Crippen LogP contribution < -0.4 is 5.32 Å². The molecule has 4 nitrogen and oxygen atoms in total. The summed E-state index contributed by atoms with van der Waals surface area (Å²) in [6.07, 6.45) is 1.28. The van der Waals surface area contributed by atoms with Gasteiger partial charge in [0.2, 0.25) is 11.8 Å². The van der Waals surface area contributed by atoms with Crippen LogP contribution in [-0.2, 0) is 16.0 Å². The largest absolute Gasteiger partial charge is 0.337 e. The molecule has 114 valence electrons. The van der Waals surface area contributed by atoms with Crippen LogP contribution in [-0.4, -0.2) is 28.8 Å². The van der Waals surface area contributed by atoms with Crippen molar-refractivity contribution >= 4 is 17.5 Å². The topological polar surface area (TPSA) is 49.4 Å². The fourth-order valence-electron chi connectivity index (χ4n) is 2.60. The molecule has 1 aliphatic rings. The third-order valence-electron chi connectivity index (χ3n) is 3.94. The number of hydrogen-bond acceptors (Lipinski definition) is 2. The Morgan fingerprint density at radius 2 is 1.90 bits per heavy atom. The predicted molar refractivity (Wildman–Crippen MR) is 84.0 cm³/mol. The van der Waals surface area contributed by atoms with E-state index in [4.69, 9.17) is 0 Å². The molecule has 1 saturated heterocycles. The molecule has 0 aliphatic carbocycles. The number of benzene rings is 1. The van der Waals surface area contributed by atoms with Crippen LogP contribution in [0.1, 0.15) is 39.7 Å². The first-order chi connectivity index (χ1) is 9.81. The fraction of sp³-hybridized carbons (Fsp3) is 0.529. The molecule has 0 aromatic heterocycles. The van der Waals surface area contributed by atoms with Gasteiger partial charge in [0.25, 0.3) is 0 Å². The van der Waals surface area contributed by atoms with Crippen LogP contribution in [0.5, 0.6) is 0 Å². The maximum atomic E-state index is 12.3. The van der Waals surface area contributed by atoms with Gasteiger partial charge in [0, 0.05) is 24.2 Å². The van der Waals surface area contributed by atoms with Crippen molar-refractivity contribution in [2.75, 3.05) is 11.9 Å². The van der Waals surface area contributed by atoms with Gasteiger partial charge in [-0.25, -0.2) is 0 Å². The molecule has 4 heteroatoms. The van der Waals surface area contributed by atoms with E-state index in [0.717, 1.165) is 12.1 Å². The van der Waals surface area contributed by atoms with Crippen molar-refractivity contribution < 1.29 is 9.59 Å². The third-order valence-corrected chi connectivity index (χ3v) is 3.94. The van der Waals surface area contributed by atoms with E-state index < -0.39 is 0 Å². The predicted octanol–water partition coefficient (Wildman–Crippen LogP) is 2.83. The SMILES string of the molecule is CCc1ccc(NC(=O)[C@@H]2CC(=O)N(C(C)(C)C)C2)cc1. The van der Waals surface area contributed by atoms with Gasteiger partial charge in [-0.1, -0.05) is 19.1 Å². The van der Waals surface area contributed by atoms with Gasteiger partial charge < -0.3 is 10.2 Å². The van der Waals surface area contributed by atoms with E-state index in [1.807, 2.05) is 45.0 Å². The zero-order valence-electron chi connectivity index (χ0n) is 13.3. The van der Waals surface area contributed by atoms with Crippen LogP contribution in [0.2, 0.25) is 0 Å². The second-order valence-corrected chi connectivity index (χ2v) is 6.62. The van der Waals surface area contributed by atoms with Crippen molar-refractivity contribution in [2.24, 2.45) is 5.92 Å². The number of likely N-dealkylation sites (tertiary alicyclic amines) is 1. The second kappa shape index (κ2) is 5.88. The number of carbonyl (C=O) groups excluding carboxylic acids is 2. The molecule has 2 amide bonds. The summed E-state index contributed by atoms with van der Waals surface area (Å²) in [5.74, 6) is -0.272. The Kier molecular flexibility index (Phi) is 4.35. The normalized spacial score (nSPS) is 19.0. The Morgan fingerprint density at radius 1 is 1.29 bits per heavy atom. The van der Waals surface area contributed by atoms with E-state index in [0.29, 0.717) is 13.0 Å². The minimum atomic E-state index is -0.262. The van der Waals surface area contributed by atoms with Gasteiger partial charge in [-0.2, -0.15) is 0 Å². The number of rotatable bonds is 3. The van der Waals surface area contributed by atoms with Gasteiger partial charge in [0.05, 0.1) is 5.92 Å². The van der Waals surface area contributed by atoms with Crippen molar-refractivity contribution in [3.05, 3.63) is 29.8 Å². The average Bonchev–Trinajstić information content (AvgIpc) is 2.82. The molecule has 1 aromatic carbocycles. The summed E-state index contributed by atoms with van der Waals surface area (Å²) < 4.78 is 0. The molecule has 21 heavy (non-hydrogen) atoms. The molecule has 0 spiro atoms. The smallest absolute Gasteiger partial charge is 0.229 e. The van der Waals surface area contributed by atoms with E-state index in [2.05, 4.69) is 12.2 Å². The van der Waals surface area contributed by atoms with Crippen LogP contribution in [0, 0.1) is 5.92 Å². The van der Waals surface area contributed by atoms with Crippen LogP contribution in [0.4, 0.5) is 5.69 Å². The highest BCUT2D eigenvalue weighted by molar-refractivity contribution is 5.97. The molecular formula is C17H24N2O2. The Balaban J connectivity index is 1.99. The van der Waals surface area contributed by atoms with Crippen LogP contribution in [0.25, 0.3) is 0 Å². The van der Waals surface area contributed by atoms with Gasteiger partial charge in [0.1, 0.15) is 0 Å². The first kappa shape index (κ1) is 15.5. The lowest BCUT2D eigenvalue weighted by Gasteiger charge is -2.31. The van der Waals surface area contributed by atoms with Gasteiger partial charge in [-0.3, -0.25) is 9.59 Å². The van der Waals surface area contributed by atoms with Crippen molar-refractivity contribution in [1.82, 2.24) is 4.90 Å². The van der Waals surface area contributed by atoms with Crippen molar-refractivity contribution in [3.63, 3.8) is 0 Å². The fourth-order valence-corrected chi connectivity index (χ4v) is 2.60. The molecule has 1 fully saturated rings. The molecule has 2 rings (SSSR count). The molecule has 1 heterocycles. The van der Waals surface area contributed by atoms with Gasteiger partial charge in [-0.15, -0.1) is 0 Å². The number of hydrogen-bond donors (Lipinski definition) is 1. The number of anilines is 1. The Morgan fingerprint density at radius 3 is 2.38 bits per heavy atom. The van der Waals surface area contributed by atoms with Crippen molar-refractivity contribution in [1.29, 1.82) is 0 Å². The Labute approximate surface area is 126 Å². The van der Waals surface area contributed by atoms with E-state index in [-0.39, 0.29) is 23.3 Å². The number of carbonyl (C=O) groups is 2. The second-order valence-electron chi connectivity index (χ2n) is 6.62. The van der Waals surface area contributed by atoms with Crippen LogP contribution in [0.3, 0.4) is 0 Å². The summed E-state index contributed by atoms with van der Waals surface area (Å²) in [6.45, 7) is 8.58. The molecule has 1 aromatic rings. The number of amides is 2. The van der Waals surface area contributed by atoms with Crippen LogP contribution >= 0.6 is 0 Å². The molecule has 0 saturated carbocycles. The summed E-state index contributed by atoms with van der Waals surface area (Å²) in [4.78, 5) is 26.1. The van der Waals surface area contributed by atoms with Crippen molar-refractivity contribution in [2.45, 2.75) is 46.1 Å². The molecule has 1 N–H and O–H groups in total. The van der Waals surface area contributed by atoms with E-state index in [1.165, 1.54) is 5.56 Å². The number of nitrogens with zero attached hydrogens (tertiary/aromatic N) is 1. The first-order valence-corrected chi connectivity index (χ1v) is 7.51. The van der Waals surface area contributed by atoms with E-state index in [9.17, 15) is 9.59 Å². The third kappa shape index (κ3) is 3.63. The summed E-state index contributed by atoms with van der Waals surface area (Å²) >= 11 is 0. The maximum absolute atomic E-state index is 12.3. The van der Waals surface area contributed by atoms with E-state index >= 15 is 0 Å². The highest BCUT2D eigenvalue weighted by Crippen LogP contribution is 2.26. The summed E-state index contributed by atoms with van der Waals surface area (Å²) in [5.41, 5.74) is 1.80. The zero-order chi connectivity index (χ0) is 15.6. The standard InChI is InChI=1S/C17H24N2O2/c1-5-12-6-8-14(9-7-12)18-16(21)13-10-15(20)19(11-13)17(2,3)4/h6-9,13H,5,10-11H2,1-4H3,(H,18,21)/t13-/m1/s1. The number of aryl methyl sites for hydroxylation is 1. The summed E-state index contributed by atoms with van der Waals surface area (Å²) in [5, 5.41) is 2.91. The Bertz CT molecular complexity index is 529. The first-order valence-electron chi connectivity index (χ1n) is 7.51. The lowest BCUT2D eigenvalue weighted by molar-refractivity contribution is -0.131. The molecule has 0 radical (unpaired) electrons. The minimum absolute atomic E-state index is 0.0592. The van der Waals surface area contributed by atoms with Crippen LogP contribution in [0.15, 0.2) is 24.3 Å². The average molecular weight is 288 g/mol. The molecule has 1 aliphatic heterocycles. The summed E-state index contributed by atoms with van der Waals surface area (Å²) in [7, 11) is 0. The maximum Gasteiger partial charge on any atom is 0.229 e. The summed E-state index contributed by atoms with van der Waals surface area (Å²) in [6, 6.07) is 7.85. The Hall–Kier alpha value is -1.84. The lowest BCUT2D eigenvalue weighted by atomic mass is 10.1. The zero-order valence-corrected chi connectivity index (χ0v) is 13.3. The molecule has 0 unspecified atom stereocenters. The molecule has 1 atom stereocenters. The molecule has 0 bridgehead atoms. The number of nitrogens with one attached hydrogen (secondary N) is 1. The highest BCUT2D eigenvalue weighted by Gasteiger charge is 2.39. The van der Waals surface area contributed by atoms with Gasteiger partial charge in [-0.05, 0) is 44.9 Å². The van der Waals surface area contributed by atoms with Gasteiger partial charge >= 0.3 is 0 Å². The molecular weight excluding hydrogens is 264 g/mol.